The van der Waals surface area contributed by atoms with Crippen LogP contribution in [0.25, 0.3) is 0 Å². The largest absolute Gasteiger partial charge is 0.480 e. The molecule has 0 amide bonds. The van der Waals surface area contributed by atoms with Gasteiger partial charge in [-0.15, -0.1) is 0 Å². The minimum absolute atomic E-state index is 0.00287. The van der Waals surface area contributed by atoms with E-state index in [0.717, 1.165) is 5.56 Å². The summed E-state index contributed by atoms with van der Waals surface area (Å²) in [5.41, 5.74) is -0.801. The van der Waals surface area contributed by atoms with Gasteiger partial charge in [-0.2, -0.15) is 0 Å². The molecule has 96 valence electrons. The molecule has 1 saturated heterocycles. The molecule has 1 fully saturated rings. The van der Waals surface area contributed by atoms with Crippen molar-refractivity contribution < 1.29 is 19.8 Å². The van der Waals surface area contributed by atoms with E-state index in [0.29, 0.717) is 11.6 Å². The number of carboxylic acid groups (broad SMARTS) is 2. The van der Waals surface area contributed by atoms with E-state index in [1.165, 1.54) is 0 Å². The van der Waals surface area contributed by atoms with Crippen LogP contribution in [-0.2, 0) is 16.1 Å². The van der Waals surface area contributed by atoms with E-state index in [4.69, 9.17) is 21.8 Å². The van der Waals surface area contributed by atoms with Gasteiger partial charge in [0.1, 0.15) is 0 Å². The van der Waals surface area contributed by atoms with Gasteiger partial charge >= 0.3 is 11.9 Å². The van der Waals surface area contributed by atoms with Crippen LogP contribution in [0, 0.1) is 5.41 Å². The first-order chi connectivity index (χ1) is 8.45. The van der Waals surface area contributed by atoms with Crippen molar-refractivity contribution in [2.75, 3.05) is 13.1 Å². The average Bonchev–Trinajstić information content (AvgIpc) is 2.23. The van der Waals surface area contributed by atoms with Crippen LogP contribution in [-0.4, -0.2) is 40.1 Å². The van der Waals surface area contributed by atoms with Gasteiger partial charge < -0.3 is 10.2 Å². The summed E-state index contributed by atoms with van der Waals surface area (Å²) in [6.45, 7) is 0.466. The van der Waals surface area contributed by atoms with Gasteiger partial charge in [-0.1, -0.05) is 29.8 Å². The molecule has 2 N–H and O–H groups in total. The van der Waals surface area contributed by atoms with E-state index in [-0.39, 0.29) is 13.1 Å². The third-order valence-electron chi connectivity index (χ3n) is 3.16. The molecule has 1 heterocycles. The third kappa shape index (κ3) is 2.07. The first-order valence-corrected chi connectivity index (χ1v) is 5.76. The maximum absolute atomic E-state index is 11.0. The molecule has 2 rings (SSSR count). The Balaban J connectivity index is 2.03. The van der Waals surface area contributed by atoms with Crippen LogP contribution >= 0.6 is 11.6 Å². The Morgan fingerprint density at radius 1 is 1.22 bits per heavy atom. The van der Waals surface area contributed by atoms with Gasteiger partial charge in [0.2, 0.25) is 0 Å². The maximum Gasteiger partial charge on any atom is 0.323 e. The summed E-state index contributed by atoms with van der Waals surface area (Å²) in [5, 5.41) is 18.5. The van der Waals surface area contributed by atoms with Crippen LogP contribution in [0.4, 0.5) is 0 Å². The third-order valence-corrected chi connectivity index (χ3v) is 3.53. The highest BCUT2D eigenvalue weighted by Crippen LogP contribution is 2.33. The number of hydrogen-bond donors (Lipinski definition) is 2. The number of rotatable bonds is 4. The topological polar surface area (TPSA) is 77.8 Å². The Morgan fingerprint density at radius 3 is 2.28 bits per heavy atom. The zero-order valence-corrected chi connectivity index (χ0v) is 10.2. The van der Waals surface area contributed by atoms with Crippen molar-refractivity contribution >= 4 is 23.5 Å². The summed E-state index contributed by atoms with van der Waals surface area (Å²) < 4.78 is 0. The minimum atomic E-state index is -1.67. The van der Waals surface area contributed by atoms with E-state index in [2.05, 4.69) is 0 Å². The summed E-state index contributed by atoms with van der Waals surface area (Å²) in [6, 6.07) is 7.23. The molecular formula is C12H12ClNO4. The lowest BCUT2D eigenvalue weighted by Gasteiger charge is -2.44. The molecule has 1 aromatic rings. The predicted molar refractivity (Wildman–Crippen MR) is 64.4 cm³/mol. The van der Waals surface area contributed by atoms with Gasteiger partial charge in [0.25, 0.3) is 0 Å². The quantitative estimate of drug-likeness (QED) is 0.806. The van der Waals surface area contributed by atoms with Crippen molar-refractivity contribution in [3.05, 3.63) is 34.9 Å². The number of hydrogen-bond acceptors (Lipinski definition) is 3. The van der Waals surface area contributed by atoms with Crippen molar-refractivity contribution in [3.63, 3.8) is 0 Å². The Morgan fingerprint density at radius 2 is 1.78 bits per heavy atom. The molecule has 0 bridgehead atoms. The fourth-order valence-electron chi connectivity index (χ4n) is 2.06. The second-order valence-corrected chi connectivity index (χ2v) is 4.84. The van der Waals surface area contributed by atoms with Gasteiger partial charge in [0, 0.05) is 24.7 Å². The lowest BCUT2D eigenvalue weighted by atomic mass is 9.79. The second-order valence-electron chi connectivity index (χ2n) is 4.43. The average molecular weight is 270 g/mol. The highest BCUT2D eigenvalue weighted by atomic mass is 35.5. The summed E-state index contributed by atoms with van der Waals surface area (Å²) in [5.74, 6) is -2.57. The standard InChI is InChI=1S/C12H12ClNO4/c13-9-4-2-1-3-8(9)5-14-6-12(7-14,10(15)16)11(17)18/h1-4H,5-7H2,(H,15,16)(H,17,18). The molecule has 0 aromatic heterocycles. The Hall–Kier alpha value is -1.59. The summed E-state index contributed by atoms with van der Waals surface area (Å²) in [7, 11) is 0. The molecule has 0 saturated carbocycles. The molecule has 0 unspecified atom stereocenters. The van der Waals surface area contributed by atoms with Crippen molar-refractivity contribution in [2.45, 2.75) is 6.54 Å². The maximum atomic E-state index is 11.0. The minimum Gasteiger partial charge on any atom is -0.480 e. The smallest absolute Gasteiger partial charge is 0.323 e. The number of halogens is 1. The van der Waals surface area contributed by atoms with Crippen LogP contribution in [0.3, 0.4) is 0 Å². The fraction of sp³-hybridized carbons (Fsp3) is 0.333. The Kier molecular flexibility index (Phi) is 3.28. The lowest BCUT2D eigenvalue weighted by molar-refractivity contribution is -0.178. The summed E-state index contributed by atoms with van der Waals surface area (Å²) >= 11 is 5.99. The number of carboxylic acids is 2. The highest BCUT2D eigenvalue weighted by molar-refractivity contribution is 6.31. The van der Waals surface area contributed by atoms with Crippen molar-refractivity contribution in [1.29, 1.82) is 0 Å². The molecule has 1 aliphatic heterocycles. The molecule has 0 aliphatic carbocycles. The molecular weight excluding hydrogens is 258 g/mol. The van der Waals surface area contributed by atoms with E-state index in [1.54, 1.807) is 17.0 Å². The van der Waals surface area contributed by atoms with Crippen LogP contribution in [0.2, 0.25) is 5.02 Å². The van der Waals surface area contributed by atoms with Gasteiger partial charge in [-0.3, -0.25) is 14.5 Å². The molecule has 18 heavy (non-hydrogen) atoms. The summed E-state index contributed by atoms with van der Waals surface area (Å²) in [6.07, 6.45) is 0. The lowest BCUT2D eigenvalue weighted by Crippen LogP contribution is -2.63. The molecule has 1 aromatic carbocycles. The first-order valence-electron chi connectivity index (χ1n) is 5.38. The van der Waals surface area contributed by atoms with Gasteiger partial charge in [-0.25, -0.2) is 0 Å². The monoisotopic (exact) mass is 269 g/mol. The van der Waals surface area contributed by atoms with E-state index in [1.807, 2.05) is 12.1 Å². The fourth-order valence-corrected chi connectivity index (χ4v) is 2.25. The molecule has 1 aliphatic rings. The van der Waals surface area contributed by atoms with Gasteiger partial charge in [-0.05, 0) is 11.6 Å². The Labute approximate surface area is 109 Å². The zero-order valence-electron chi connectivity index (χ0n) is 9.47. The Bertz CT molecular complexity index is 481. The van der Waals surface area contributed by atoms with Crippen LogP contribution in [0.5, 0.6) is 0 Å². The number of aliphatic carboxylic acids is 2. The predicted octanol–water partition coefficient (Wildman–Crippen LogP) is 1.31. The molecule has 6 heteroatoms. The van der Waals surface area contributed by atoms with Crippen LogP contribution < -0.4 is 0 Å². The molecule has 0 spiro atoms. The number of benzene rings is 1. The normalized spacial score (nSPS) is 18.1. The molecule has 5 nitrogen and oxygen atoms in total. The van der Waals surface area contributed by atoms with Crippen LogP contribution in [0.1, 0.15) is 5.56 Å². The van der Waals surface area contributed by atoms with Gasteiger partial charge in [0.15, 0.2) is 5.41 Å². The van der Waals surface area contributed by atoms with E-state index < -0.39 is 17.4 Å². The summed E-state index contributed by atoms with van der Waals surface area (Å²) in [4.78, 5) is 23.7. The zero-order chi connectivity index (χ0) is 13.3. The molecule has 0 radical (unpaired) electrons. The van der Waals surface area contributed by atoms with Crippen molar-refractivity contribution in [1.82, 2.24) is 4.90 Å². The van der Waals surface area contributed by atoms with Gasteiger partial charge in [0.05, 0.1) is 0 Å². The number of likely N-dealkylation sites (tertiary alicyclic amines) is 1. The number of nitrogens with zero attached hydrogens (tertiary/aromatic N) is 1. The van der Waals surface area contributed by atoms with Crippen molar-refractivity contribution in [3.8, 4) is 0 Å². The number of carbonyl (C=O) groups is 2. The SMILES string of the molecule is O=C(O)C1(C(=O)O)CN(Cc2ccccc2Cl)C1. The van der Waals surface area contributed by atoms with E-state index >= 15 is 0 Å². The molecule has 0 atom stereocenters. The first kappa shape index (κ1) is 12.9. The second kappa shape index (κ2) is 4.59. The van der Waals surface area contributed by atoms with Crippen molar-refractivity contribution in [2.24, 2.45) is 5.41 Å². The highest BCUT2D eigenvalue weighted by Gasteiger charge is 2.56. The van der Waals surface area contributed by atoms with Crippen LogP contribution in [0.15, 0.2) is 24.3 Å². The van der Waals surface area contributed by atoms with E-state index in [9.17, 15) is 9.59 Å².